The molecule has 36 heavy (non-hydrogen) atoms. The quantitative estimate of drug-likeness (QED) is 0.436. The first-order chi connectivity index (χ1) is 17.2. The molecule has 2 fully saturated rings. The zero-order chi connectivity index (χ0) is 25.9. The molecule has 2 atom stereocenters. The third-order valence-corrected chi connectivity index (χ3v) is 7.54. The minimum atomic E-state index is -0.768. The third kappa shape index (κ3) is 5.88. The average Bonchev–Trinajstić information content (AvgIpc) is 2.84. The second-order valence-corrected chi connectivity index (χ2v) is 11.4. The van der Waals surface area contributed by atoms with E-state index in [-0.39, 0.29) is 29.6 Å². The van der Waals surface area contributed by atoms with Crippen molar-refractivity contribution in [2.24, 2.45) is 5.92 Å². The number of hydrogen-bond acceptors (Lipinski definition) is 6. The topological polar surface area (TPSA) is 79.3 Å². The second kappa shape index (κ2) is 11.2. The molecule has 0 spiro atoms. The van der Waals surface area contributed by atoms with Crippen molar-refractivity contribution in [3.8, 4) is 11.5 Å². The zero-order valence-electron chi connectivity index (χ0n) is 22.3. The van der Waals surface area contributed by atoms with Crippen LogP contribution in [-0.4, -0.2) is 64.7 Å². The van der Waals surface area contributed by atoms with Crippen LogP contribution in [0.25, 0.3) is 6.08 Å². The van der Waals surface area contributed by atoms with Gasteiger partial charge in [0.2, 0.25) is 5.91 Å². The third-order valence-electron chi connectivity index (χ3n) is 7.54. The summed E-state index contributed by atoms with van der Waals surface area (Å²) in [5, 5.41) is 11.5. The molecule has 0 bridgehead atoms. The van der Waals surface area contributed by atoms with Crippen molar-refractivity contribution in [2.75, 3.05) is 26.2 Å². The molecule has 4 rings (SSSR count). The van der Waals surface area contributed by atoms with Crippen molar-refractivity contribution >= 4 is 18.0 Å². The largest absolute Gasteiger partial charge is 0.507 e. The van der Waals surface area contributed by atoms with Gasteiger partial charge in [-0.25, -0.2) is 0 Å². The molecule has 1 amide bonds. The maximum absolute atomic E-state index is 12.8. The van der Waals surface area contributed by atoms with Crippen LogP contribution in [0.4, 0.5) is 0 Å². The number of hydrogen-bond donors (Lipinski definition) is 1. The summed E-state index contributed by atoms with van der Waals surface area (Å²) in [5.41, 5.74) is 0.443. The van der Waals surface area contributed by atoms with E-state index in [9.17, 15) is 14.7 Å². The molecule has 3 aliphatic rings. The molecule has 0 unspecified atom stereocenters. The van der Waals surface area contributed by atoms with E-state index in [4.69, 9.17) is 9.47 Å². The number of ether oxygens (including phenoxy) is 2. The molecule has 1 aromatic carbocycles. The number of phenols is 1. The van der Waals surface area contributed by atoms with Crippen LogP contribution in [0.1, 0.15) is 89.8 Å². The molecule has 1 aromatic rings. The molecule has 3 heterocycles. The molecule has 3 aliphatic heterocycles. The van der Waals surface area contributed by atoms with Crippen LogP contribution in [0.15, 0.2) is 18.2 Å². The highest BCUT2D eigenvalue weighted by Gasteiger charge is 2.50. The fourth-order valence-corrected chi connectivity index (χ4v) is 5.67. The molecular weight excluding hydrogens is 456 g/mol. The van der Waals surface area contributed by atoms with E-state index in [2.05, 4.69) is 4.90 Å². The number of nitrogens with zero attached hydrogens (tertiary/aromatic N) is 2. The Morgan fingerprint density at radius 3 is 2.36 bits per heavy atom. The summed E-state index contributed by atoms with van der Waals surface area (Å²) < 4.78 is 12.5. The van der Waals surface area contributed by atoms with Gasteiger partial charge in [-0.3, -0.25) is 14.5 Å². The average molecular weight is 499 g/mol. The summed E-state index contributed by atoms with van der Waals surface area (Å²) >= 11 is 0. The summed E-state index contributed by atoms with van der Waals surface area (Å²) in [6, 6.07) is 3.33. The lowest BCUT2D eigenvalue weighted by Gasteiger charge is -2.48. The van der Waals surface area contributed by atoms with E-state index in [1.807, 2.05) is 38.7 Å². The van der Waals surface area contributed by atoms with Gasteiger partial charge < -0.3 is 19.5 Å². The van der Waals surface area contributed by atoms with Gasteiger partial charge in [0, 0.05) is 31.1 Å². The van der Waals surface area contributed by atoms with E-state index in [0.29, 0.717) is 23.3 Å². The Morgan fingerprint density at radius 2 is 1.72 bits per heavy atom. The highest BCUT2D eigenvalue weighted by molar-refractivity contribution is 5.92. The van der Waals surface area contributed by atoms with Gasteiger partial charge >= 0.3 is 5.97 Å². The van der Waals surface area contributed by atoms with Crippen molar-refractivity contribution in [3.05, 3.63) is 29.3 Å². The van der Waals surface area contributed by atoms with Crippen molar-refractivity contribution in [2.45, 2.75) is 90.4 Å². The van der Waals surface area contributed by atoms with E-state index < -0.39 is 11.7 Å². The highest BCUT2D eigenvalue weighted by Crippen LogP contribution is 2.50. The Labute approximate surface area is 215 Å². The van der Waals surface area contributed by atoms with Gasteiger partial charge in [0.25, 0.3) is 0 Å². The second-order valence-electron chi connectivity index (χ2n) is 11.4. The van der Waals surface area contributed by atoms with Crippen LogP contribution in [0.5, 0.6) is 11.5 Å². The maximum Gasteiger partial charge on any atom is 0.306 e. The summed E-state index contributed by atoms with van der Waals surface area (Å²) in [6.45, 7) is 11.2. The van der Waals surface area contributed by atoms with E-state index in [1.165, 1.54) is 6.42 Å². The van der Waals surface area contributed by atoms with Gasteiger partial charge in [-0.05, 0) is 83.2 Å². The normalized spacial score (nSPS) is 24.4. The number of esters is 1. The summed E-state index contributed by atoms with van der Waals surface area (Å²) in [5.74, 6) is 0.598. The summed E-state index contributed by atoms with van der Waals surface area (Å²) in [6.07, 6.45) is 9.52. The van der Waals surface area contributed by atoms with Gasteiger partial charge in [0.1, 0.15) is 17.1 Å². The van der Waals surface area contributed by atoms with Gasteiger partial charge in [-0.15, -0.1) is 0 Å². The van der Waals surface area contributed by atoms with E-state index >= 15 is 0 Å². The van der Waals surface area contributed by atoms with Crippen LogP contribution in [0.3, 0.4) is 0 Å². The van der Waals surface area contributed by atoms with Gasteiger partial charge in [-0.2, -0.15) is 0 Å². The maximum atomic E-state index is 12.8. The van der Waals surface area contributed by atoms with Gasteiger partial charge in [0.05, 0.1) is 11.6 Å². The number of carbonyl (C=O) groups is 2. The SMILES string of the molecule is CC(C)CC(=O)O[C@H]1[C@H](N2CCCCC2)c2c(ccc(/C=C/C(=O)N3CCCCC3)c2O)OC1(C)C. The first kappa shape index (κ1) is 26.5. The van der Waals surface area contributed by atoms with Crippen LogP contribution < -0.4 is 4.74 Å². The number of phenolic OH excluding ortho intramolecular Hbond substituents is 1. The summed E-state index contributed by atoms with van der Waals surface area (Å²) in [7, 11) is 0. The fourth-order valence-electron chi connectivity index (χ4n) is 5.67. The standard InChI is InChI=1S/C29H42N2O5/c1-20(2)19-24(33)35-28-26(31-17-9-6-10-18-31)25-22(36-29(28,3)4)13-11-21(27(25)34)12-14-23(32)30-15-7-5-8-16-30/h11-14,20,26,28,34H,5-10,15-19H2,1-4H3/b14-12+/t26-,28+/m1/s1. The lowest BCUT2D eigenvalue weighted by atomic mass is 9.83. The molecule has 1 N–H and O–H groups in total. The molecule has 0 saturated carbocycles. The fraction of sp³-hybridized carbons (Fsp3) is 0.655. The Balaban J connectivity index is 1.69. The van der Waals surface area contributed by atoms with Crippen molar-refractivity contribution in [1.29, 1.82) is 0 Å². The number of aromatic hydroxyl groups is 1. The van der Waals surface area contributed by atoms with Gasteiger partial charge in [0.15, 0.2) is 6.10 Å². The molecule has 0 radical (unpaired) electrons. The highest BCUT2D eigenvalue weighted by atomic mass is 16.6. The van der Waals surface area contributed by atoms with E-state index in [0.717, 1.165) is 58.3 Å². The Morgan fingerprint density at radius 1 is 1.08 bits per heavy atom. The lowest BCUT2D eigenvalue weighted by Crippen LogP contribution is -2.56. The van der Waals surface area contributed by atoms with E-state index in [1.54, 1.807) is 18.2 Å². The van der Waals surface area contributed by atoms with Gasteiger partial charge in [-0.1, -0.05) is 20.3 Å². The first-order valence-corrected chi connectivity index (χ1v) is 13.6. The number of benzene rings is 1. The number of carbonyl (C=O) groups excluding carboxylic acids is 2. The Bertz CT molecular complexity index is 974. The smallest absolute Gasteiger partial charge is 0.306 e. The molecule has 0 aromatic heterocycles. The monoisotopic (exact) mass is 498 g/mol. The van der Waals surface area contributed by atoms with Crippen LogP contribution in [-0.2, 0) is 14.3 Å². The number of likely N-dealkylation sites (tertiary alicyclic amines) is 2. The first-order valence-electron chi connectivity index (χ1n) is 13.6. The van der Waals surface area contributed by atoms with Crippen molar-refractivity contribution in [1.82, 2.24) is 9.80 Å². The minimum Gasteiger partial charge on any atom is -0.507 e. The number of rotatable bonds is 6. The number of amides is 1. The molecule has 2 saturated heterocycles. The molecule has 198 valence electrons. The minimum absolute atomic E-state index is 0.0303. The zero-order valence-corrected chi connectivity index (χ0v) is 22.3. The predicted octanol–water partition coefficient (Wildman–Crippen LogP) is 5.07. The number of piperidine rings is 2. The molecular formula is C29H42N2O5. The van der Waals surface area contributed by atoms with Crippen molar-refractivity contribution in [3.63, 3.8) is 0 Å². The number of fused-ring (bicyclic) bond motifs is 1. The molecule has 7 nitrogen and oxygen atoms in total. The van der Waals surface area contributed by atoms with Crippen LogP contribution >= 0.6 is 0 Å². The molecule has 0 aliphatic carbocycles. The summed E-state index contributed by atoms with van der Waals surface area (Å²) in [4.78, 5) is 29.7. The van der Waals surface area contributed by atoms with Crippen molar-refractivity contribution < 1.29 is 24.2 Å². The van der Waals surface area contributed by atoms with Crippen LogP contribution in [0.2, 0.25) is 0 Å². The predicted molar refractivity (Wildman–Crippen MR) is 140 cm³/mol. The van der Waals surface area contributed by atoms with Crippen LogP contribution in [0, 0.1) is 5.92 Å². The Kier molecular flexibility index (Phi) is 8.28. The Hall–Kier alpha value is -2.54. The molecule has 7 heteroatoms. The lowest BCUT2D eigenvalue weighted by molar-refractivity contribution is -0.173.